The van der Waals surface area contributed by atoms with E-state index in [4.69, 9.17) is 4.42 Å². The standard InChI is InChI=1S/C15H11BrO/c1-10-4-2-3-5-12(10)14-9-17-15-8-11(16)6-7-13(14)15/h2-9H,1H3. The summed E-state index contributed by atoms with van der Waals surface area (Å²) in [4.78, 5) is 0. The predicted molar refractivity (Wildman–Crippen MR) is 74.1 cm³/mol. The van der Waals surface area contributed by atoms with Crippen LogP contribution in [0.1, 0.15) is 5.56 Å². The van der Waals surface area contributed by atoms with Gasteiger partial charge < -0.3 is 4.42 Å². The molecule has 0 amide bonds. The van der Waals surface area contributed by atoms with Crippen LogP contribution in [0.25, 0.3) is 22.1 Å². The Morgan fingerprint density at radius 1 is 1.00 bits per heavy atom. The Morgan fingerprint density at radius 3 is 2.65 bits per heavy atom. The van der Waals surface area contributed by atoms with E-state index in [1.54, 1.807) is 0 Å². The third-order valence-electron chi connectivity index (χ3n) is 2.97. The van der Waals surface area contributed by atoms with E-state index in [1.165, 1.54) is 11.1 Å². The Kier molecular flexibility index (Phi) is 2.52. The molecule has 1 nitrogen and oxygen atoms in total. The summed E-state index contributed by atoms with van der Waals surface area (Å²) < 4.78 is 6.65. The van der Waals surface area contributed by atoms with Gasteiger partial charge in [0.2, 0.25) is 0 Å². The second kappa shape index (κ2) is 4.04. The molecule has 0 saturated carbocycles. The van der Waals surface area contributed by atoms with Crippen LogP contribution in [-0.2, 0) is 0 Å². The number of fused-ring (bicyclic) bond motifs is 1. The lowest BCUT2D eigenvalue weighted by atomic mass is 10.0. The van der Waals surface area contributed by atoms with Crippen LogP contribution in [0.4, 0.5) is 0 Å². The van der Waals surface area contributed by atoms with Crippen LogP contribution in [0, 0.1) is 6.92 Å². The van der Waals surface area contributed by atoms with Crippen molar-refractivity contribution in [1.29, 1.82) is 0 Å². The molecular formula is C15H11BrO. The highest BCUT2D eigenvalue weighted by Gasteiger charge is 2.09. The third-order valence-corrected chi connectivity index (χ3v) is 3.47. The van der Waals surface area contributed by atoms with Crippen molar-refractivity contribution in [3.8, 4) is 11.1 Å². The summed E-state index contributed by atoms with van der Waals surface area (Å²) in [7, 11) is 0. The number of hydrogen-bond acceptors (Lipinski definition) is 1. The highest BCUT2D eigenvalue weighted by Crippen LogP contribution is 2.33. The van der Waals surface area contributed by atoms with Crippen LogP contribution >= 0.6 is 15.9 Å². The van der Waals surface area contributed by atoms with E-state index in [1.807, 2.05) is 18.4 Å². The molecule has 17 heavy (non-hydrogen) atoms. The first-order valence-electron chi connectivity index (χ1n) is 5.48. The Hall–Kier alpha value is -1.54. The van der Waals surface area contributed by atoms with Crippen molar-refractivity contribution in [2.45, 2.75) is 6.92 Å². The van der Waals surface area contributed by atoms with Crippen molar-refractivity contribution in [3.05, 3.63) is 58.8 Å². The molecule has 3 rings (SSSR count). The molecule has 3 aromatic rings. The summed E-state index contributed by atoms with van der Waals surface area (Å²) in [5.74, 6) is 0. The van der Waals surface area contributed by atoms with Gasteiger partial charge in [-0.2, -0.15) is 0 Å². The van der Waals surface area contributed by atoms with Crippen molar-refractivity contribution in [3.63, 3.8) is 0 Å². The lowest BCUT2D eigenvalue weighted by molar-refractivity contribution is 0.616. The minimum absolute atomic E-state index is 0.914. The third kappa shape index (κ3) is 1.79. The van der Waals surface area contributed by atoms with Gasteiger partial charge in [0.05, 0.1) is 6.26 Å². The number of aryl methyl sites for hydroxylation is 1. The summed E-state index contributed by atoms with van der Waals surface area (Å²) in [6.07, 6.45) is 1.83. The Morgan fingerprint density at radius 2 is 1.82 bits per heavy atom. The molecule has 0 fully saturated rings. The second-order valence-electron chi connectivity index (χ2n) is 4.10. The molecule has 1 aromatic heterocycles. The largest absolute Gasteiger partial charge is 0.464 e. The van der Waals surface area contributed by atoms with Gasteiger partial charge in [-0.3, -0.25) is 0 Å². The van der Waals surface area contributed by atoms with Crippen molar-refractivity contribution < 1.29 is 4.42 Å². The fourth-order valence-corrected chi connectivity index (χ4v) is 2.43. The van der Waals surface area contributed by atoms with Gasteiger partial charge in [0.1, 0.15) is 5.58 Å². The molecule has 0 radical (unpaired) electrons. The fourth-order valence-electron chi connectivity index (χ4n) is 2.09. The topological polar surface area (TPSA) is 13.1 Å². The van der Waals surface area contributed by atoms with Gasteiger partial charge in [-0.05, 0) is 36.2 Å². The van der Waals surface area contributed by atoms with Gasteiger partial charge in [0, 0.05) is 15.4 Å². The van der Waals surface area contributed by atoms with Crippen molar-refractivity contribution >= 4 is 26.9 Å². The van der Waals surface area contributed by atoms with Gasteiger partial charge in [0.25, 0.3) is 0 Å². The molecule has 1 heterocycles. The Balaban J connectivity index is 2.29. The average molecular weight is 287 g/mol. The summed E-state index contributed by atoms with van der Waals surface area (Å²) in [6, 6.07) is 14.5. The predicted octanol–water partition coefficient (Wildman–Crippen LogP) is 5.17. The highest BCUT2D eigenvalue weighted by atomic mass is 79.9. The normalized spacial score (nSPS) is 10.9. The maximum atomic E-state index is 5.61. The van der Waals surface area contributed by atoms with Crippen LogP contribution in [-0.4, -0.2) is 0 Å². The molecule has 2 heteroatoms. The summed E-state index contributed by atoms with van der Waals surface area (Å²) in [5, 5.41) is 1.16. The zero-order chi connectivity index (χ0) is 11.8. The fraction of sp³-hybridized carbons (Fsp3) is 0.0667. The van der Waals surface area contributed by atoms with Crippen LogP contribution in [0.2, 0.25) is 0 Å². The Bertz CT molecular complexity index is 682. The van der Waals surface area contributed by atoms with E-state index in [0.29, 0.717) is 0 Å². The smallest absolute Gasteiger partial charge is 0.135 e. The van der Waals surface area contributed by atoms with Crippen LogP contribution in [0.3, 0.4) is 0 Å². The number of rotatable bonds is 1. The number of benzene rings is 2. The molecule has 0 aliphatic carbocycles. The van der Waals surface area contributed by atoms with Crippen LogP contribution < -0.4 is 0 Å². The molecule has 0 unspecified atom stereocenters. The molecule has 0 aliphatic rings. The van der Waals surface area contributed by atoms with E-state index in [0.717, 1.165) is 21.0 Å². The lowest BCUT2D eigenvalue weighted by Gasteiger charge is -2.02. The quantitative estimate of drug-likeness (QED) is 0.601. The van der Waals surface area contributed by atoms with Crippen molar-refractivity contribution in [1.82, 2.24) is 0 Å². The van der Waals surface area contributed by atoms with E-state index in [9.17, 15) is 0 Å². The minimum Gasteiger partial charge on any atom is -0.464 e. The summed E-state index contributed by atoms with van der Waals surface area (Å²) in [5.41, 5.74) is 4.56. The number of furan rings is 1. The monoisotopic (exact) mass is 286 g/mol. The molecule has 0 saturated heterocycles. The summed E-state index contributed by atoms with van der Waals surface area (Å²) >= 11 is 3.45. The first kappa shape index (κ1) is 10.6. The SMILES string of the molecule is Cc1ccccc1-c1coc2cc(Br)ccc12. The van der Waals surface area contributed by atoms with Crippen molar-refractivity contribution in [2.24, 2.45) is 0 Å². The van der Waals surface area contributed by atoms with Gasteiger partial charge in [-0.25, -0.2) is 0 Å². The van der Waals surface area contributed by atoms with Crippen LogP contribution in [0.15, 0.2) is 57.6 Å². The van der Waals surface area contributed by atoms with Gasteiger partial charge >= 0.3 is 0 Å². The zero-order valence-corrected chi connectivity index (χ0v) is 11.0. The van der Waals surface area contributed by atoms with Crippen molar-refractivity contribution in [2.75, 3.05) is 0 Å². The number of hydrogen-bond donors (Lipinski definition) is 0. The zero-order valence-electron chi connectivity index (χ0n) is 9.41. The summed E-state index contributed by atoms with van der Waals surface area (Å²) in [6.45, 7) is 2.12. The average Bonchev–Trinajstić information content (AvgIpc) is 2.72. The molecule has 84 valence electrons. The molecular weight excluding hydrogens is 276 g/mol. The van der Waals surface area contributed by atoms with Gasteiger partial charge in [-0.1, -0.05) is 40.2 Å². The molecule has 0 aliphatic heterocycles. The first-order chi connectivity index (χ1) is 8.25. The van der Waals surface area contributed by atoms with E-state index in [-0.39, 0.29) is 0 Å². The van der Waals surface area contributed by atoms with Gasteiger partial charge in [-0.15, -0.1) is 0 Å². The maximum absolute atomic E-state index is 5.61. The molecule has 0 bridgehead atoms. The highest BCUT2D eigenvalue weighted by molar-refractivity contribution is 9.10. The maximum Gasteiger partial charge on any atom is 0.135 e. The van der Waals surface area contributed by atoms with E-state index in [2.05, 4.69) is 53.2 Å². The Labute approximate surface area is 108 Å². The molecule has 0 spiro atoms. The first-order valence-corrected chi connectivity index (χ1v) is 6.28. The molecule has 2 aromatic carbocycles. The van der Waals surface area contributed by atoms with E-state index < -0.39 is 0 Å². The minimum atomic E-state index is 0.914. The van der Waals surface area contributed by atoms with E-state index >= 15 is 0 Å². The lowest BCUT2D eigenvalue weighted by Crippen LogP contribution is -1.80. The molecule has 0 N–H and O–H groups in total. The second-order valence-corrected chi connectivity index (χ2v) is 5.02. The molecule has 0 atom stereocenters. The number of halogens is 1. The van der Waals surface area contributed by atoms with Crippen LogP contribution in [0.5, 0.6) is 0 Å². The van der Waals surface area contributed by atoms with Gasteiger partial charge in [0.15, 0.2) is 0 Å².